The number of nitrogens with zero attached hydrogens (tertiary/aromatic N) is 1. The molecule has 0 saturated heterocycles. The molecule has 1 aromatic heterocycles. The molecule has 0 saturated carbocycles. The molecular formula is C17H19N3O3. The van der Waals surface area contributed by atoms with Crippen LogP contribution in [0.2, 0.25) is 0 Å². The van der Waals surface area contributed by atoms with Gasteiger partial charge in [-0.1, -0.05) is 0 Å². The summed E-state index contributed by atoms with van der Waals surface area (Å²) in [5.41, 5.74) is 1.34. The molecule has 1 amide bonds. The number of rotatable bonds is 7. The Kier molecular flexibility index (Phi) is 5.78. The first-order chi connectivity index (χ1) is 11.1. The Hall–Kier alpha value is -2.78. The third-order valence-corrected chi connectivity index (χ3v) is 3.32. The predicted molar refractivity (Wildman–Crippen MR) is 85.5 cm³/mol. The van der Waals surface area contributed by atoms with Gasteiger partial charge >= 0.3 is 0 Å². The maximum atomic E-state index is 11.9. The van der Waals surface area contributed by atoms with Gasteiger partial charge in [-0.05, 0) is 43.3 Å². The second-order valence-corrected chi connectivity index (χ2v) is 5.28. The highest BCUT2D eigenvalue weighted by molar-refractivity contribution is 5.80. The number of hydrogen-bond acceptors (Lipinski definition) is 5. The number of carbonyl (C=O) groups is 1. The summed E-state index contributed by atoms with van der Waals surface area (Å²) >= 11 is 0. The van der Waals surface area contributed by atoms with E-state index in [0.29, 0.717) is 17.7 Å². The van der Waals surface area contributed by atoms with Crippen LogP contribution in [-0.2, 0) is 4.79 Å². The average Bonchev–Trinajstić information content (AvgIpc) is 3.08. The van der Waals surface area contributed by atoms with E-state index in [4.69, 9.17) is 9.68 Å². The van der Waals surface area contributed by atoms with Crippen LogP contribution in [0.4, 0.5) is 5.69 Å². The highest BCUT2D eigenvalue weighted by Crippen LogP contribution is 2.18. The van der Waals surface area contributed by atoms with E-state index < -0.39 is 6.10 Å². The number of amides is 1. The molecule has 0 aliphatic carbocycles. The molecule has 6 heteroatoms. The lowest BCUT2D eigenvalue weighted by Gasteiger charge is -2.17. The normalized spacial score (nSPS) is 12.9. The number of carbonyl (C=O) groups excluding carboxylic acids is 1. The fourth-order valence-corrected chi connectivity index (χ4v) is 2.16. The monoisotopic (exact) mass is 313 g/mol. The molecule has 0 spiro atoms. The standard InChI is InChI=1S/C17H19N3O3/c1-12(9-15(21)16-3-2-8-23-16)20-17(22)11-19-14-6-4-13(10-18)5-7-14/h2-8,12,15,19,21H,9,11H2,1H3,(H,20,22). The molecule has 3 N–H and O–H groups in total. The summed E-state index contributed by atoms with van der Waals surface area (Å²) < 4.78 is 5.13. The van der Waals surface area contributed by atoms with Gasteiger partial charge in [0.15, 0.2) is 0 Å². The second kappa shape index (κ2) is 8.01. The number of aliphatic hydroxyl groups is 1. The van der Waals surface area contributed by atoms with Crippen molar-refractivity contribution in [1.82, 2.24) is 5.32 Å². The molecule has 1 aromatic carbocycles. The van der Waals surface area contributed by atoms with Crippen LogP contribution in [-0.4, -0.2) is 23.6 Å². The number of aliphatic hydroxyl groups excluding tert-OH is 1. The van der Waals surface area contributed by atoms with E-state index >= 15 is 0 Å². The lowest BCUT2D eigenvalue weighted by molar-refractivity contribution is -0.120. The van der Waals surface area contributed by atoms with Crippen molar-refractivity contribution in [3.63, 3.8) is 0 Å². The molecule has 0 bridgehead atoms. The van der Waals surface area contributed by atoms with Crippen molar-refractivity contribution in [3.8, 4) is 6.07 Å². The van der Waals surface area contributed by atoms with Gasteiger partial charge in [-0.3, -0.25) is 4.79 Å². The minimum atomic E-state index is -0.744. The van der Waals surface area contributed by atoms with Gasteiger partial charge in [0.2, 0.25) is 5.91 Å². The summed E-state index contributed by atoms with van der Waals surface area (Å²) in [6.07, 6.45) is 1.13. The van der Waals surface area contributed by atoms with E-state index in [-0.39, 0.29) is 18.5 Å². The van der Waals surface area contributed by atoms with E-state index in [1.54, 1.807) is 36.4 Å². The molecule has 0 fully saturated rings. The van der Waals surface area contributed by atoms with Gasteiger partial charge in [0.25, 0.3) is 0 Å². The Morgan fingerprint density at radius 2 is 2.09 bits per heavy atom. The van der Waals surface area contributed by atoms with Crippen molar-refractivity contribution in [1.29, 1.82) is 5.26 Å². The van der Waals surface area contributed by atoms with E-state index in [9.17, 15) is 9.90 Å². The average molecular weight is 313 g/mol. The molecule has 23 heavy (non-hydrogen) atoms. The van der Waals surface area contributed by atoms with Crippen LogP contribution in [0.3, 0.4) is 0 Å². The summed E-state index contributed by atoms with van der Waals surface area (Å²) in [6, 6.07) is 12.1. The minimum Gasteiger partial charge on any atom is -0.467 e. The molecule has 2 atom stereocenters. The quantitative estimate of drug-likeness (QED) is 0.728. The lowest BCUT2D eigenvalue weighted by atomic mass is 10.1. The van der Waals surface area contributed by atoms with Crippen molar-refractivity contribution in [3.05, 3.63) is 54.0 Å². The van der Waals surface area contributed by atoms with Crippen LogP contribution in [0, 0.1) is 11.3 Å². The zero-order chi connectivity index (χ0) is 16.7. The number of hydrogen-bond donors (Lipinski definition) is 3. The fourth-order valence-electron chi connectivity index (χ4n) is 2.16. The first-order valence-corrected chi connectivity index (χ1v) is 7.33. The number of nitrogens with one attached hydrogen (secondary N) is 2. The Morgan fingerprint density at radius 1 is 1.35 bits per heavy atom. The van der Waals surface area contributed by atoms with E-state index in [0.717, 1.165) is 5.69 Å². The molecule has 0 radical (unpaired) electrons. The van der Waals surface area contributed by atoms with Gasteiger partial charge in [-0.2, -0.15) is 5.26 Å². The topological polar surface area (TPSA) is 98.3 Å². The number of furan rings is 1. The first kappa shape index (κ1) is 16.6. The summed E-state index contributed by atoms with van der Waals surface area (Å²) in [5, 5.41) is 24.5. The summed E-state index contributed by atoms with van der Waals surface area (Å²) in [6.45, 7) is 1.94. The summed E-state index contributed by atoms with van der Waals surface area (Å²) in [7, 11) is 0. The van der Waals surface area contributed by atoms with Crippen LogP contribution >= 0.6 is 0 Å². The van der Waals surface area contributed by atoms with Crippen molar-refractivity contribution >= 4 is 11.6 Å². The minimum absolute atomic E-state index is 0.118. The van der Waals surface area contributed by atoms with Crippen molar-refractivity contribution in [2.45, 2.75) is 25.5 Å². The van der Waals surface area contributed by atoms with Gasteiger partial charge in [-0.15, -0.1) is 0 Å². The van der Waals surface area contributed by atoms with Crippen molar-refractivity contribution in [2.24, 2.45) is 0 Å². The summed E-state index contributed by atoms with van der Waals surface area (Å²) in [5.74, 6) is 0.315. The van der Waals surface area contributed by atoms with E-state index in [1.165, 1.54) is 6.26 Å². The van der Waals surface area contributed by atoms with Gasteiger partial charge in [0.1, 0.15) is 11.9 Å². The van der Waals surface area contributed by atoms with Crippen LogP contribution in [0.1, 0.15) is 30.8 Å². The molecule has 1 heterocycles. The van der Waals surface area contributed by atoms with Gasteiger partial charge < -0.3 is 20.2 Å². The molecule has 0 aliphatic heterocycles. The Morgan fingerprint density at radius 3 is 2.70 bits per heavy atom. The smallest absolute Gasteiger partial charge is 0.239 e. The Bertz CT molecular complexity index is 659. The Labute approximate surface area is 134 Å². The van der Waals surface area contributed by atoms with Gasteiger partial charge in [0, 0.05) is 18.2 Å². The highest BCUT2D eigenvalue weighted by atomic mass is 16.4. The van der Waals surface area contributed by atoms with E-state index in [2.05, 4.69) is 10.6 Å². The molecule has 2 rings (SSSR count). The van der Waals surface area contributed by atoms with Crippen molar-refractivity contribution in [2.75, 3.05) is 11.9 Å². The predicted octanol–water partition coefficient (Wildman–Crippen LogP) is 2.19. The zero-order valence-electron chi connectivity index (χ0n) is 12.8. The molecule has 0 aliphatic rings. The molecule has 120 valence electrons. The van der Waals surface area contributed by atoms with Crippen LogP contribution in [0.5, 0.6) is 0 Å². The number of anilines is 1. The number of nitriles is 1. The molecule has 2 aromatic rings. The van der Waals surface area contributed by atoms with Crippen LogP contribution in [0.15, 0.2) is 47.1 Å². The van der Waals surface area contributed by atoms with Crippen molar-refractivity contribution < 1.29 is 14.3 Å². The largest absolute Gasteiger partial charge is 0.467 e. The maximum absolute atomic E-state index is 11.9. The van der Waals surface area contributed by atoms with E-state index in [1.807, 2.05) is 13.0 Å². The van der Waals surface area contributed by atoms with Crippen LogP contribution in [0.25, 0.3) is 0 Å². The molecule has 2 unspecified atom stereocenters. The van der Waals surface area contributed by atoms with Gasteiger partial charge in [-0.25, -0.2) is 0 Å². The lowest BCUT2D eigenvalue weighted by Crippen LogP contribution is -2.37. The first-order valence-electron chi connectivity index (χ1n) is 7.33. The Balaban J connectivity index is 1.74. The molecular weight excluding hydrogens is 294 g/mol. The fraction of sp³-hybridized carbons (Fsp3) is 0.294. The maximum Gasteiger partial charge on any atom is 0.239 e. The second-order valence-electron chi connectivity index (χ2n) is 5.28. The number of benzene rings is 1. The van der Waals surface area contributed by atoms with Crippen LogP contribution < -0.4 is 10.6 Å². The van der Waals surface area contributed by atoms with Gasteiger partial charge in [0.05, 0.1) is 24.4 Å². The highest BCUT2D eigenvalue weighted by Gasteiger charge is 2.16. The molecule has 6 nitrogen and oxygen atoms in total. The zero-order valence-corrected chi connectivity index (χ0v) is 12.8. The summed E-state index contributed by atoms with van der Waals surface area (Å²) in [4.78, 5) is 11.9. The third-order valence-electron chi connectivity index (χ3n) is 3.32. The third kappa shape index (κ3) is 5.16. The SMILES string of the molecule is CC(CC(O)c1ccco1)NC(=O)CNc1ccc(C#N)cc1.